The third-order valence-corrected chi connectivity index (χ3v) is 7.24. The fourth-order valence-corrected chi connectivity index (χ4v) is 5.39. The monoisotopic (exact) mass is 506 g/mol. The number of thiocarbonyl (C=S) groups is 1. The first-order valence-electron chi connectivity index (χ1n) is 11.4. The molecule has 1 saturated heterocycles. The van der Waals surface area contributed by atoms with E-state index in [2.05, 4.69) is 20.1 Å². The van der Waals surface area contributed by atoms with Gasteiger partial charge in [-0.15, -0.1) is 11.3 Å². The highest BCUT2D eigenvalue weighted by Gasteiger charge is 2.27. The summed E-state index contributed by atoms with van der Waals surface area (Å²) in [5, 5.41) is 6.73. The maximum Gasteiger partial charge on any atom is 0.189 e. The minimum absolute atomic E-state index is 0.0905. The topological polar surface area (TPSA) is 31.4 Å². The number of rotatable bonds is 5. The summed E-state index contributed by atoms with van der Waals surface area (Å²) in [4.78, 5) is 9.14. The van der Waals surface area contributed by atoms with Crippen LogP contribution in [0.3, 0.4) is 0 Å². The molecule has 1 aliphatic rings. The number of nitrogens with zero attached hydrogens (tertiary/aromatic N) is 3. The second-order valence-electron chi connectivity index (χ2n) is 8.36. The van der Waals surface area contributed by atoms with Crippen molar-refractivity contribution < 1.29 is 8.78 Å². The molecule has 3 aromatic carbocycles. The molecule has 1 fully saturated rings. The molecule has 5 rings (SSSR count). The van der Waals surface area contributed by atoms with E-state index in [1.54, 1.807) is 24.3 Å². The lowest BCUT2D eigenvalue weighted by Gasteiger charge is -2.40. The van der Waals surface area contributed by atoms with Crippen molar-refractivity contribution in [1.82, 2.24) is 14.8 Å². The summed E-state index contributed by atoms with van der Waals surface area (Å²) < 4.78 is 27.1. The molecular weight excluding hydrogens is 482 g/mol. The van der Waals surface area contributed by atoms with Crippen LogP contribution in [0.1, 0.15) is 17.2 Å². The Morgan fingerprint density at radius 1 is 0.829 bits per heavy atom. The van der Waals surface area contributed by atoms with Crippen molar-refractivity contribution in [1.29, 1.82) is 0 Å². The quantitative estimate of drug-likeness (QED) is 0.326. The summed E-state index contributed by atoms with van der Waals surface area (Å²) in [6.07, 6.45) is 0. The number of hydrogen-bond donors (Lipinski definition) is 1. The van der Waals surface area contributed by atoms with Gasteiger partial charge in [0.05, 0.1) is 11.7 Å². The lowest BCUT2D eigenvalue weighted by atomic mass is 9.96. The van der Waals surface area contributed by atoms with E-state index < -0.39 is 0 Å². The van der Waals surface area contributed by atoms with Crippen LogP contribution in [-0.2, 0) is 0 Å². The molecule has 2 heterocycles. The van der Waals surface area contributed by atoms with Crippen LogP contribution in [0.15, 0.2) is 84.2 Å². The summed E-state index contributed by atoms with van der Waals surface area (Å²) >= 11 is 7.21. The van der Waals surface area contributed by atoms with E-state index in [0.717, 1.165) is 53.7 Å². The first-order chi connectivity index (χ1) is 17.1. The second-order valence-corrected chi connectivity index (χ2v) is 9.61. The Kier molecular flexibility index (Phi) is 7.13. The van der Waals surface area contributed by atoms with Gasteiger partial charge in [-0.3, -0.25) is 4.90 Å². The Balaban J connectivity index is 1.25. The average Bonchev–Trinajstić information content (AvgIpc) is 3.36. The normalized spacial score (nSPS) is 14.3. The molecule has 1 aromatic heterocycles. The first-order valence-corrected chi connectivity index (χ1v) is 12.7. The molecular formula is C27H24F2N4S2. The number of nitrogens with one attached hydrogen (secondary N) is 1. The Morgan fingerprint density at radius 2 is 1.40 bits per heavy atom. The van der Waals surface area contributed by atoms with Crippen LogP contribution in [-0.4, -0.2) is 46.1 Å². The fourth-order valence-electron chi connectivity index (χ4n) is 4.33. The third-order valence-electron chi connectivity index (χ3n) is 6.13. The predicted octanol–water partition coefficient (Wildman–Crippen LogP) is 6.19. The fraction of sp³-hybridized carbons (Fsp3) is 0.185. The molecule has 8 heteroatoms. The van der Waals surface area contributed by atoms with E-state index in [0.29, 0.717) is 5.11 Å². The molecule has 0 saturated carbocycles. The zero-order valence-corrected chi connectivity index (χ0v) is 20.5. The van der Waals surface area contributed by atoms with Gasteiger partial charge in [0.1, 0.15) is 11.6 Å². The number of hydrogen-bond acceptors (Lipinski definition) is 4. The van der Waals surface area contributed by atoms with Gasteiger partial charge in [0, 0.05) is 37.1 Å². The Labute approximate surface area is 212 Å². The van der Waals surface area contributed by atoms with Crippen molar-refractivity contribution in [3.8, 4) is 11.3 Å². The SMILES string of the molecule is Fc1ccc(C(c2ccc(F)cc2)N2CCN(C(=S)Nc3nc(-c4ccccc4)cs3)CC2)cc1. The summed E-state index contributed by atoms with van der Waals surface area (Å²) in [5.41, 5.74) is 3.95. The minimum Gasteiger partial charge on any atom is -0.346 e. The molecule has 0 spiro atoms. The highest BCUT2D eigenvalue weighted by atomic mass is 32.1. The molecule has 178 valence electrons. The van der Waals surface area contributed by atoms with Gasteiger partial charge in [0.15, 0.2) is 10.2 Å². The highest BCUT2D eigenvalue weighted by Crippen LogP contribution is 2.30. The lowest BCUT2D eigenvalue weighted by molar-refractivity contribution is 0.151. The predicted molar refractivity (Wildman–Crippen MR) is 142 cm³/mol. The molecule has 0 bridgehead atoms. The third kappa shape index (κ3) is 5.56. The van der Waals surface area contributed by atoms with Gasteiger partial charge in [-0.1, -0.05) is 54.6 Å². The smallest absolute Gasteiger partial charge is 0.189 e. The van der Waals surface area contributed by atoms with Crippen LogP contribution in [0, 0.1) is 11.6 Å². The van der Waals surface area contributed by atoms with Gasteiger partial charge in [-0.2, -0.15) is 0 Å². The lowest BCUT2D eigenvalue weighted by Crippen LogP contribution is -2.51. The van der Waals surface area contributed by atoms with Crippen molar-refractivity contribution in [2.45, 2.75) is 6.04 Å². The van der Waals surface area contributed by atoms with Crippen LogP contribution < -0.4 is 5.32 Å². The zero-order chi connectivity index (χ0) is 24.2. The van der Waals surface area contributed by atoms with Crippen molar-refractivity contribution in [2.75, 3.05) is 31.5 Å². The molecule has 1 N–H and O–H groups in total. The van der Waals surface area contributed by atoms with E-state index in [9.17, 15) is 8.78 Å². The van der Waals surface area contributed by atoms with Crippen molar-refractivity contribution in [3.05, 3.63) is 107 Å². The maximum absolute atomic E-state index is 13.6. The summed E-state index contributed by atoms with van der Waals surface area (Å²) in [5.74, 6) is -0.545. The molecule has 0 amide bonds. The zero-order valence-electron chi connectivity index (χ0n) is 18.9. The Morgan fingerprint density at radius 3 is 1.97 bits per heavy atom. The number of benzene rings is 3. The van der Waals surface area contributed by atoms with Crippen LogP contribution in [0.5, 0.6) is 0 Å². The van der Waals surface area contributed by atoms with Crippen LogP contribution in [0.4, 0.5) is 13.9 Å². The number of aromatic nitrogens is 1. The van der Waals surface area contributed by atoms with Gasteiger partial charge in [0.2, 0.25) is 0 Å². The number of piperazine rings is 1. The van der Waals surface area contributed by atoms with Crippen LogP contribution in [0.25, 0.3) is 11.3 Å². The molecule has 0 aliphatic carbocycles. The molecule has 0 unspecified atom stereocenters. The van der Waals surface area contributed by atoms with E-state index in [1.165, 1.54) is 35.6 Å². The minimum atomic E-state index is -0.273. The number of thiazole rings is 1. The summed E-state index contributed by atoms with van der Waals surface area (Å²) in [7, 11) is 0. The molecule has 35 heavy (non-hydrogen) atoms. The highest BCUT2D eigenvalue weighted by molar-refractivity contribution is 7.80. The maximum atomic E-state index is 13.6. The van der Waals surface area contributed by atoms with E-state index in [1.807, 2.05) is 35.7 Å². The van der Waals surface area contributed by atoms with Crippen LogP contribution in [0.2, 0.25) is 0 Å². The van der Waals surface area contributed by atoms with Crippen LogP contribution >= 0.6 is 23.6 Å². The van der Waals surface area contributed by atoms with Crippen molar-refractivity contribution in [2.24, 2.45) is 0 Å². The van der Waals surface area contributed by atoms with Gasteiger partial charge < -0.3 is 10.2 Å². The van der Waals surface area contributed by atoms with Crippen molar-refractivity contribution in [3.63, 3.8) is 0 Å². The number of anilines is 1. The summed E-state index contributed by atoms with van der Waals surface area (Å²) in [6.45, 7) is 2.99. The molecule has 4 aromatic rings. The van der Waals surface area contributed by atoms with E-state index in [4.69, 9.17) is 12.2 Å². The molecule has 4 nitrogen and oxygen atoms in total. The van der Waals surface area contributed by atoms with Gasteiger partial charge >= 0.3 is 0 Å². The molecule has 0 radical (unpaired) electrons. The molecule has 0 atom stereocenters. The van der Waals surface area contributed by atoms with Gasteiger partial charge in [0.25, 0.3) is 0 Å². The van der Waals surface area contributed by atoms with E-state index in [-0.39, 0.29) is 17.7 Å². The largest absolute Gasteiger partial charge is 0.346 e. The van der Waals surface area contributed by atoms with E-state index >= 15 is 0 Å². The Hall–Kier alpha value is -3.20. The number of halogens is 2. The van der Waals surface area contributed by atoms with Crippen molar-refractivity contribution >= 4 is 33.8 Å². The first kappa shape index (κ1) is 23.5. The average molecular weight is 507 g/mol. The van der Waals surface area contributed by atoms with Gasteiger partial charge in [-0.25, -0.2) is 13.8 Å². The standard InChI is InChI=1S/C27H24F2N4S2/c28-22-10-6-20(7-11-22)25(21-8-12-23(29)13-9-21)32-14-16-33(17-15-32)27(34)31-26-30-24(18-35-26)19-4-2-1-3-5-19/h1-13,18,25H,14-17H2,(H,30,31,34). The summed E-state index contributed by atoms with van der Waals surface area (Å²) in [6, 6.07) is 23.0. The second kappa shape index (κ2) is 10.6. The Bertz CT molecular complexity index is 1220. The van der Waals surface area contributed by atoms with Gasteiger partial charge in [-0.05, 0) is 47.6 Å². The molecule has 1 aliphatic heterocycles.